The molecule has 0 saturated heterocycles. The zero-order valence-corrected chi connectivity index (χ0v) is 23.5. The highest BCUT2D eigenvalue weighted by Crippen LogP contribution is 2.22. The van der Waals surface area contributed by atoms with Crippen LogP contribution < -0.4 is 10.6 Å². The summed E-state index contributed by atoms with van der Waals surface area (Å²) in [6.45, 7) is 11.3. The molecule has 2 amide bonds. The van der Waals surface area contributed by atoms with Crippen LogP contribution >= 0.6 is 0 Å². The van der Waals surface area contributed by atoms with Gasteiger partial charge in [-0.15, -0.1) is 0 Å². The molecule has 3 N–H and O–H groups in total. The van der Waals surface area contributed by atoms with E-state index < -0.39 is 29.4 Å². The fraction of sp³-hybridized carbons (Fsp3) is 0.500. The summed E-state index contributed by atoms with van der Waals surface area (Å²) >= 11 is 0. The molecule has 1 heterocycles. The van der Waals surface area contributed by atoms with Gasteiger partial charge in [-0.05, 0) is 56.4 Å². The van der Waals surface area contributed by atoms with Crippen LogP contribution in [0.2, 0.25) is 0 Å². The Morgan fingerprint density at radius 1 is 1.29 bits per heavy atom. The lowest BCUT2D eigenvalue weighted by molar-refractivity contribution is -0.151. The molecule has 0 aromatic carbocycles. The van der Waals surface area contributed by atoms with Gasteiger partial charge in [0.05, 0.1) is 13.2 Å². The molecule has 0 radical (unpaired) electrons. The second-order valence-corrected chi connectivity index (χ2v) is 10.2. The summed E-state index contributed by atoms with van der Waals surface area (Å²) in [4.78, 5) is 36.9. The van der Waals surface area contributed by atoms with Crippen LogP contribution in [0, 0.1) is 23.2 Å². The summed E-state index contributed by atoms with van der Waals surface area (Å²) in [5.41, 5.74) is 0.354. The zero-order chi connectivity index (χ0) is 28.7. The van der Waals surface area contributed by atoms with E-state index >= 15 is 0 Å². The second-order valence-electron chi connectivity index (χ2n) is 10.2. The Morgan fingerprint density at radius 3 is 2.58 bits per heavy atom. The third kappa shape index (κ3) is 12.1. The molecule has 4 atom stereocenters. The normalized spacial score (nSPS) is 18.8. The highest BCUT2D eigenvalue weighted by Gasteiger charge is 2.32. The number of cyclic esters (lactones) is 1. The van der Waals surface area contributed by atoms with Crippen molar-refractivity contribution in [1.82, 2.24) is 10.6 Å². The highest BCUT2D eigenvalue weighted by molar-refractivity contribution is 5.97. The van der Waals surface area contributed by atoms with Crippen molar-refractivity contribution in [2.45, 2.75) is 79.1 Å². The van der Waals surface area contributed by atoms with Crippen molar-refractivity contribution in [2.75, 3.05) is 7.11 Å². The number of methoxy groups -OCH3 is 1. The van der Waals surface area contributed by atoms with E-state index in [1.807, 2.05) is 59.8 Å². The van der Waals surface area contributed by atoms with Crippen LogP contribution in [-0.4, -0.2) is 48.2 Å². The smallest absolute Gasteiger partial charge is 0.373 e. The fourth-order valence-electron chi connectivity index (χ4n) is 3.58. The number of hydrogen-bond acceptors (Lipinski definition) is 6. The summed E-state index contributed by atoms with van der Waals surface area (Å²) in [6.07, 6.45) is 14.6. The van der Waals surface area contributed by atoms with Gasteiger partial charge < -0.3 is 25.2 Å². The zero-order valence-electron chi connectivity index (χ0n) is 23.5. The molecular formula is C30H42N2O6. The van der Waals surface area contributed by atoms with Crippen molar-refractivity contribution in [3.63, 3.8) is 0 Å². The summed E-state index contributed by atoms with van der Waals surface area (Å²) in [5, 5.41) is 15.2. The van der Waals surface area contributed by atoms with Gasteiger partial charge >= 0.3 is 5.97 Å². The molecule has 0 bridgehead atoms. The predicted molar refractivity (Wildman–Crippen MR) is 148 cm³/mol. The fourth-order valence-corrected chi connectivity index (χ4v) is 3.58. The minimum atomic E-state index is -0.806. The number of nitrogens with one attached hydrogen (secondary N) is 2. The van der Waals surface area contributed by atoms with Gasteiger partial charge in [0, 0.05) is 12.3 Å². The molecule has 8 heteroatoms. The van der Waals surface area contributed by atoms with Crippen molar-refractivity contribution in [1.29, 1.82) is 0 Å². The van der Waals surface area contributed by atoms with Crippen LogP contribution in [0.3, 0.4) is 0 Å². The molecule has 1 aliphatic heterocycles. The van der Waals surface area contributed by atoms with E-state index in [2.05, 4.69) is 22.5 Å². The van der Waals surface area contributed by atoms with E-state index in [1.165, 1.54) is 13.3 Å². The topological polar surface area (TPSA) is 114 Å². The third-order valence-electron chi connectivity index (χ3n) is 5.74. The molecular weight excluding hydrogens is 484 g/mol. The monoisotopic (exact) mass is 526 g/mol. The first-order chi connectivity index (χ1) is 17.9. The number of hydrogen-bond donors (Lipinski definition) is 3. The highest BCUT2D eigenvalue weighted by atomic mass is 16.6. The van der Waals surface area contributed by atoms with E-state index in [-0.39, 0.29) is 23.7 Å². The lowest BCUT2D eigenvalue weighted by Gasteiger charge is -2.29. The Morgan fingerprint density at radius 2 is 1.97 bits per heavy atom. The average molecular weight is 527 g/mol. The number of allylic oxidation sites excluding steroid dienone is 4. The molecule has 0 saturated carbocycles. The number of amides is 2. The Kier molecular flexibility index (Phi) is 13.9. The first kappa shape index (κ1) is 32.5. The van der Waals surface area contributed by atoms with E-state index in [0.29, 0.717) is 19.3 Å². The molecule has 0 spiro atoms. The van der Waals surface area contributed by atoms with E-state index in [0.717, 1.165) is 5.57 Å². The van der Waals surface area contributed by atoms with Crippen molar-refractivity contribution < 1.29 is 29.0 Å². The van der Waals surface area contributed by atoms with Crippen molar-refractivity contribution >= 4 is 17.8 Å². The van der Waals surface area contributed by atoms with Gasteiger partial charge in [-0.25, -0.2) is 4.79 Å². The summed E-state index contributed by atoms with van der Waals surface area (Å²) in [6, 6.07) is -0.806. The predicted octanol–water partition coefficient (Wildman–Crippen LogP) is 3.85. The number of rotatable bonds is 11. The van der Waals surface area contributed by atoms with Gasteiger partial charge in [-0.1, -0.05) is 69.6 Å². The molecule has 2 unspecified atom stereocenters. The van der Waals surface area contributed by atoms with Crippen molar-refractivity contribution in [2.24, 2.45) is 11.3 Å². The number of aliphatic hydroxyl groups excluding tert-OH is 1. The molecule has 0 aromatic heterocycles. The van der Waals surface area contributed by atoms with E-state index in [1.54, 1.807) is 24.3 Å². The molecule has 0 fully saturated rings. The van der Waals surface area contributed by atoms with Crippen LogP contribution in [-0.2, 0) is 23.9 Å². The second kappa shape index (κ2) is 16.3. The van der Waals surface area contributed by atoms with Crippen molar-refractivity contribution in [3.05, 3.63) is 60.1 Å². The first-order valence-electron chi connectivity index (χ1n) is 12.8. The van der Waals surface area contributed by atoms with Gasteiger partial charge in [-0.2, -0.15) is 0 Å². The largest absolute Gasteiger partial charge is 0.490 e. The summed E-state index contributed by atoms with van der Waals surface area (Å²) in [5.74, 6) is 3.98. The van der Waals surface area contributed by atoms with E-state index in [9.17, 15) is 19.5 Å². The third-order valence-corrected chi connectivity index (χ3v) is 5.74. The van der Waals surface area contributed by atoms with Gasteiger partial charge in [0.2, 0.25) is 5.91 Å². The van der Waals surface area contributed by atoms with Crippen LogP contribution in [0.5, 0.6) is 0 Å². The number of carbonyl (C=O) groups excluding carboxylic acids is 3. The van der Waals surface area contributed by atoms with Crippen molar-refractivity contribution in [3.8, 4) is 11.8 Å². The van der Waals surface area contributed by atoms with Gasteiger partial charge in [0.1, 0.15) is 12.1 Å². The number of ether oxygens (including phenoxy) is 2. The number of aliphatic hydroxyl groups is 1. The SMILES string of the molecule is C/C=C/C[C@@H](O)C/C=C/NC(=O)C(NC(=O)C#C/C=C/C(C)=C/[C@@H](C)C1CC=C(OC)C(=O)O1)C(C)(C)C. The molecule has 8 nitrogen and oxygen atoms in total. The first-order valence-corrected chi connectivity index (χ1v) is 12.8. The van der Waals surface area contributed by atoms with Gasteiger partial charge in [0.15, 0.2) is 5.76 Å². The van der Waals surface area contributed by atoms with Crippen LogP contribution in [0.4, 0.5) is 0 Å². The standard InChI is InChI=1S/C30H42N2O6/c1-8-9-14-23(33)15-12-19-31-28(35)27(30(4,5)6)32-26(34)16-11-10-13-21(2)20-22(3)24-17-18-25(37-7)29(36)38-24/h8-10,12-13,18-20,22-24,27,33H,14-15,17H2,1-7H3,(H,31,35)(H,32,34)/b9-8+,13-10+,19-12+,21-20+/t22-,23-,24?,27?/m1/s1. The van der Waals surface area contributed by atoms with Gasteiger partial charge in [-0.3, -0.25) is 9.59 Å². The Hall–Kier alpha value is -3.57. The molecule has 38 heavy (non-hydrogen) atoms. The van der Waals surface area contributed by atoms with Crippen LogP contribution in [0.1, 0.15) is 60.8 Å². The van der Waals surface area contributed by atoms with Crippen LogP contribution in [0.15, 0.2) is 60.1 Å². The maximum absolute atomic E-state index is 12.7. The Labute approximate surface area is 226 Å². The quantitative estimate of drug-likeness (QED) is 0.163. The maximum atomic E-state index is 12.7. The number of esters is 1. The molecule has 208 valence electrons. The molecule has 1 aliphatic rings. The lowest BCUT2D eigenvalue weighted by atomic mass is 9.86. The van der Waals surface area contributed by atoms with E-state index in [4.69, 9.17) is 9.47 Å². The molecule has 0 aliphatic carbocycles. The minimum Gasteiger partial charge on any atom is -0.490 e. The summed E-state index contributed by atoms with van der Waals surface area (Å²) < 4.78 is 10.4. The Balaban J connectivity index is 2.67. The summed E-state index contributed by atoms with van der Waals surface area (Å²) in [7, 11) is 1.44. The number of carbonyl (C=O) groups is 3. The molecule has 1 rings (SSSR count). The average Bonchev–Trinajstić information content (AvgIpc) is 2.85. The minimum absolute atomic E-state index is 0.0222. The lowest BCUT2D eigenvalue weighted by Crippen LogP contribution is -2.52. The van der Waals surface area contributed by atoms with Crippen LogP contribution in [0.25, 0.3) is 0 Å². The molecule has 0 aromatic rings. The van der Waals surface area contributed by atoms with Gasteiger partial charge in [0.25, 0.3) is 5.91 Å². The Bertz CT molecular complexity index is 1030. The maximum Gasteiger partial charge on any atom is 0.373 e.